The zero-order valence-corrected chi connectivity index (χ0v) is 11.9. The van der Waals surface area contributed by atoms with E-state index in [9.17, 15) is 9.18 Å². The van der Waals surface area contributed by atoms with E-state index in [4.69, 9.17) is 16.3 Å². The predicted octanol–water partition coefficient (Wildman–Crippen LogP) is 2.69. The molecule has 0 aliphatic carbocycles. The number of hydrogen-bond acceptors (Lipinski definition) is 4. The Balaban J connectivity index is 2.18. The minimum absolute atomic E-state index is 0.170. The first-order valence-electron chi connectivity index (χ1n) is 6.35. The molecule has 2 heterocycles. The molecule has 1 aliphatic rings. The molecule has 2 aromatic rings. The summed E-state index contributed by atoms with van der Waals surface area (Å²) in [6, 6.07) is 4.20. The lowest BCUT2D eigenvalue weighted by molar-refractivity contribution is 0.0518. The van der Waals surface area contributed by atoms with Crippen LogP contribution in [0.25, 0.3) is 5.69 Å². The Hall–Kier alpha value is -2.21. The normalized spacial score (nSPS) is 13.0. The monoisotopic (exact) mass is 307 g/mol. The van der Waals surface area contributed by atoms with E-state index in [0.29, 0.717) is 16.9 Å². The maximum absolute atomic E-state index is 13.4. The molecule has 0 spiro atoms. The van der Waals surface area contributed by atoms with Crippen LogP contribution in [0.5, 0.6) is 0 Å². The molecule has 0 saturated carbocycles. The van der Waals surface area contributed by atoms with Gasteiger partial charge in [0.2, 0.25) is 0 Å². The molecule has 0 fully saturated rings. The number of rotatable bonds is 2. The molecular weight excluding hydrogens is 297 g/mol. The molecule has 0 atom stereocenters. The first kappa shape index (κ1) is 13.8. The van der Waals surface area contributed by atoms with Gasteiger partial charge in [0.1, 0.15) is 17.3 Å². The number of aromatic nitrogens is 2. The number of fused-ring (bicyclic) bond motifs is 3. The number of hydrogen-bond donors (Lipinski definition) is 0. The Labute approximate surface area is 125 Å². The third-order valence-corrected chi connectivity index (χ3v) is 3.47. The first-order chi connectivity index (χ1) is 10.1. The summed E-state index contributed by atoms with van der Waals surface area (Å²) in [7, 11) is 0. The van der Waals surface area contributed by atoms with E-state index in [1.807, 2.05) is 0 Å². The van der Waals surface area contributed by atoms with E-state index in [-0.39, 0.29) is 24.0 Å². The molecule has 0 N–H and O–H groups in total. The SMILES string of the molecule is CCOC(=O)c1ncn2c1CN=C(Cl)c1cc(F)ccc1-2. The van der Waals surface area contributed by atoms with E-state index in [2.05, 4.69) is 9.98 Å². The van der Waals surface area contributed by atoms with Crippen LogP contribution in [0, 0.1) is 5.82 Å². The lowest BCUT2D eigenvalue weighted by atomic mass is 10.2. The molecule has 108 valence electrons. The van der Waals surface area contributed by atoms with Crippen molar-refractivity contribution >= 4 is 22.7 Å². The van der Waals surface area contributed by atoms with E-state index >= 15 is 0 Å². The highest BCUT2D eigenvalue weighted by molar-refractivity contribution is 6.70. The fourth-order valence-electron chi connectivity index (χ4n) is 2.22. The van der Waals surface area contributed by atoms with E-state index in [0.717, 1.165) is 0 Å². The third kappa shape index (κ3) is 2.31. The number of ether oxygens (including phenoxy) is 1. The van der Waals surface area contributed by atoms with Crippen molar-refractivity contribution in [3.8, 4) is 5.69 Å². The van der Waals surface area contributed by atoms with E-state index in [1.54, 1.807) is 17.6 Å². The molecule has 1 aliphatic heterocycles. The van der Waals surface area contributed by atoms with Gasteiger partial charge in [-0.2, -0.15) is 0 Å². The topological polar surface area (TPSA) is 56.5 Å². The molecule has 1 aromatic heterocycles. The molecule has 0 radical (unpaired) electrons. The number of imidazole rings is 1. The number of halogens is 2. The second kappa shape index (κ2) is 5.29. The van der Waals surface area contributed by atoms with Gasteiger partial charge in [0.25, 0.3) is 0 Å². The van der Waals surface area contributed by atoms with Gasteiger partial charge in [-0.15, -0.1) is 0 Å². The number of aliphatic imine (C=N–C) groups is 1. The number of nitrogens with zero attached hydrogens (tertiary/aromatic N) is 3. The van der Waals surface area contributed by atoms with Gasteiger partial charge in [0.05, 0.1) is 24.5 Å². The molecule has 3 rings (SSSR count). The van der Waals surface area contributed by atoms with Gasteiger partial charge in [0.15, 0.2) is 5.69 Å². The third-order valence-electron chi connectivity index (χ3n) is 3.14. The molecule has 7 heteroatoms. The summed E-state index contributed by atoms with van der Waals surface area (Å²) in [5, 5.41) is 0.197. The maximum atomic E-state index is 13.4. The predicted molar refractivity (Wildman–Crippen MR) is 75.6 cm³/mol. The minimum atomic E-state index is -0.511. The van der Waals surface area contributed by atoms with Gasteiger partial charge in [-0.25, -0.2) is 14.2 Å². The van der Waals surface area contributed by atoms with Crippen LogP contribution in [0.15, 0.2) is 29.5 Å². The largest absolute Gasteiger partial charge is 0.461 e. The number of benzene rings is 1. The average molecular weight is 308 g/mol. The molecular formula is C14H11ClFN3O2. The zero-order valence-electron chi connectivity index (χ0n) is 11.1. The summed E-state index contributed by atoms with van der Waals surface area (Å²) >= 11 is 6.10. The Bertz CT molecular complexity index is 755. The van der Waals surface area contributed by atoms with Crippen molar-refractivity contribution in [3.05, 3.63) is 47.3 Å². The van der Waals surface area contributed by atoms with Crippen molar-refractivity contribution in [1.29, 1.82) is 0 Å². The highest BCUT2D eigenvalue weighted by Gasteiger charge is 2.24. The van der Waals surface area contributed by atoms with Gasteiger partial charge < -0.3 is 4.74 Å². The van der Waals surface area contributed by atoms with Crippen LogP contribution in [0.2, 0.25) is 0 Å². The lowest BCUT2D eigenvalue weighted by Crippen LogP contribution is -2.09. The lowest BCUT2D eigenvalue weighted by Gasteiger charge is -2.08. The van der Waals surface area contributed by atoms with Crippen molar-refractivity contribution in [2.24, 2.45) is 4.99 Å². The summed E-state index contributed by atoms with van der Waals surface area (Å²) < 4.78 is 20.0. The zero-order chi connectivity index (χ0) is 15.0. The summed E-state index contributed by atoms with van der Waals surface area (Å²) in [4.78, 5) is 20.2. The van der Waals surface area contributed by atoms with Gasteiger partial charge in [0, 0.05) is 5.56 Å². The van der Waals surface area contributed by atoms with Gasteiger partial charge >= 0.3 is 5.97 Å². The summed E-state index contributed by atoms with van der Waals surface area (Å²) in [6.45, 7) is 2.15. The molecule has 0 unspecified atom stereocenters. The fourth-order valence-corrected chi connectivity index (χ4v) is 2.43. The van der Waals surface area contributed by atoms with Crippen molar-refractivity contribution in [1.82, 2.24) is 9.55 Å². The summed E-state index contributed by atoms with van der Waals surface area (Å²) in [6.07, 6.45) is 1.49. The van der Waals surface area contributed by atoms with Crippen molar-refractivity contribution in [2.75, 3.05) is 6.61 Å². The quantitative estimate of drug-likeness (QED) is 0.802. The molecule has 5 nitrogen and oxygen atoms in total. The highest BCUT2D eigenvalue weighted by atomic mass is 35.5. The van der Waals surface area contributed by atoms with Crippen LogP contribution in [0.3, 0.4) is 0 Å². The molecule has 0 amide bonds. The highest BCUT2D eigenvalue weighted by Crippen LogP contribution is 2.26. The minimum Gasteiger partial charge on any atom is -0.461 e. The van der Waals surface area contributed by atoms with E-state index < -0.39 is 11.8 Å². The molecule has 0 saturated heterocycles. The van der Waals surface area contributed by atoms with Gasteiger partial charge in [-0.1, -0.05) is 11.6 Å². The van der Waals surface area contributed by atoms with Gasteiger partial charge in [-0.05, 0) is 25.1 Å². The van der Waals surface area contributed by atoms with Crippen molar-refractivity contribution in [2.45, 2.75) is 13.5 Å². The summed E-state index contributed by atoms with van der Waals surface area (Å²) in [5.41, 5.74) is 1.85. The van der Waals surface area contributed by atoms with Crippen molar-refractivity contribution < 1.29 is 13.9 Å². The van der Waals surface area contributed by atoms with Crippen LogP contribution >= 0.6 is 11.6 Å². The summed E-state index contributed by atoms with van der Waals surface area (Å²) in [5.74, 6) is -0.917. The Morgan fingerprint density at radius 1 is 1.52 bits per heavy atom. The van der Waals surface area contributed by atoms with Gasteiger partial charge in [-0.3, -0.25) is 9.56 Å². The molecule has 1 aromatic carbocycles. The standard InChI is InChI=1S/C14H11ClFN3O2/c1-2-21-14(20)12-11-6-17-13(15)9-5-8(16)3-4-10(9)19(11)7-18-12/h3-5,7H,2,6H2,1H3. The number of carbonyl (C=O) groups excluding carboxylic acids is 1. The molecule has 0 bridgehead atoms. The Morgan fingerprint density at radius 2 is 2.33 bits per heavy atom. The Kier molecular flexibility index (Phi) is 3.47. The Morgan fingerprint density at radius 3 is 3.10 bits per heavy atom. The number of carbonyl (C=O) groups is 1. The van der Waals surface area contributed by atoms with E-state index in [1.165, 1.54) is 18.5 Å². The van der Waals surface area contributed by atoms with Crippen LogP contribution < -0.4 is 0 Å². The smallest absolute Gasteiger partial charge is 0.358 e. The van der Waals surface area contributed by atoms with Crippen LogP contribution in [-0.4, -0.2) is 27.3 Å². The first-order valence-corrected chi connectivity index (χ1v) is 6.73. The maximum Gasteiger partial charge on any atom is 0.358 e. The second-order valence-electron chi connectivity index (χ2n) is 4.40. The molecule has 21 heavy (non-hydrogen) atoms. The fraction of sp³-hybridized carbons (Fsp3) is 0.214. The average Bonchev–Trinajstić information content (AvgIpc) is 2.83. The second-order valence-corrected chi connectivity index (χ2v) is 4.76. The number of esters is 1. The van der Waals surface area contributed by atoms with Crippen LogP contribution in [0.1, 0.15) is 28.7 Å². The van der Waals surface area contributed by atoms with Crippen LogP contribution in [0.4, 0.5) is 4.39 Å². The van der Waals surface area contributed by atoms with Crippen LogP contribution in [-0.2, 0) is 11.3 Å². The van der Waals surface area contributed by atoms with Crippen molar-refractivity contribution in [3.63, 3.8) is 0 Å².